The maximum atomic E-state index is 13.0. The lowest BCUT2D eigenvalue weighted by Crippen LogP contribution is -2.49. The number of likely N-dealkylation sites (N-methyl/N-ethyl adjacent to an activating group) is 1. The van der Waals surface area contributed by atoms with Gasteiger partial charge in [-0.05, 0) is 37.1 Å². The highest BCUT2D eigenvalue weighted by molar-refractivity contribution is 6.10. The van der Waals surface area contributed by atoms with Crippen LogP contribution in [0.25, 0.3) is 0 Å². The molecule has 0 bridgehead atoms. The first kappa shape index (κ1) is 19.9. The summed E-state index contributed by atoms with van der Waals surface area (Å²) in [4.78, 5) is 40.8. The highest BCUT2D eigenvalue weighted by Gasteiger charge is 2.51. The Hall–Kier alpha value is -3.35. The topological polar surface area (TPSA) is 79.0 Å². The summed E-state index contributed by atoms with van der Waals surface area (Å²) < 4.78 is 5.93. The number of carbonyl (C=O) groups excluding carboxylic acids is 3. The average molecular weight is 407 g/mol. The fourth-order valence-electron chi connectivity index (χ4n) is 4.13. The van der Waals surface area contributed by atoms with Crippen LogP contribution in [0.15, 0.2) is 54.6 Å². The summed E-state index contributed by atoms with van der Waals surface area (Å²) in [6, 6.07) is 16.0. The molecule has 4 rings (SSSR count). The highest BCUT2D eigenvalue weighted by Crippen LogP contribution is 2.34. The predicted octanol–water partition coefficient (Wildman–Crippen LogP) is 3.70. The van der Waals surface area contributed by atoms with Crippen molar-refractivity contribution < 1.29 is 19.1 Å². The van der Waals surface area contributed by atoms with E-state index in [-0.39, 0.29) is 18.4 Å². The first-order valence-corrected chi connectivity index (χ1v) is 10.2. The van der Waals surface area contributed by atoms with Gasteiger partial charge in [0.1, 0.15) is 17.8 Å². The van der Waals surface area contributed by atoms with Gasteiger partial charge in [0, 0.05) is 7.05 Å². The number of carbonyl (C=O) groups is 3. The molecular formula is C23H25N3O4. The normalized spacial score (nSPS) is 17.7. The van der Waals surface area contributed by atoms with Crippen molar-refractivity contribution >= 4 is 23.5 Å². The van der Waals surface area contributed by atoms with Crippen LogP contribution in [0.4, 0.5) is 10.5 Å². The van der Waals surface area contributed by atoms with Gasteiger partial charge in [-0.1, -0.05) is 49.6 Å². The van der Waals surface area contributed by atoms with Gasteiger partial charge >= 0.3 is 6.03 Å². The Balaban J connectivity index is 1.49. The van der Waals surface area contributed by atoms with E-state index in [0.717, 1.165) is 24.2 Å². The van der Waals surface area contributed by atoms with Crippen LogP contribution < -0.4 is 15.0 Å². The molecule has 1 saturated carbocycles. The van der Waals surface area contributed by atoms with Crippen molar-refractivity contribution in [3.8, 4) is 11.5 Å². The first-order chi connectivity index (χ1) is 14.5. The van der Waals surface area contributed by atoms with Crippen LogP contribution in [0.1, 0.15) is 32.1 Å². The standard InChI is InChI=1S/C23H25N3O4/c1-25(18-12-6-7-13-19(18)30-17-10-4-2-5-11-17)20(27)16-26-21(28)23(24-22(26)29)14-8-3-9-15-23/h2,4-7,10-13H,3,8-9,14-16H2,1H3,(H,24,29). The number of urea groups is 1. The van der Waals surface area contributed by atoms with E-state index in [1.807, 2.05) is 42.5 Å². The van der Waals surface area contributed by atoms with Crippen LogP contribution in [0.3, 0.4) is 0 Å². The van der Waals surface area contributed by atoms with Crippen molar-refractivity contribution in [1.29, 1.82) is 0 Å². The monoisotopic (exact) mass is 407 g/mol. The van der Waals surface area contributed by atoms with E-state index in [0.29, 0.717) is 30.0 Å². The van der Waals surface area contributed by atoms with E-state index in [9.17, 15) is 14.4 Å². The van der Waals surface area contributed by atoms with Gasteiger partial charge in [0.25, 0.3) is 5.91 Å². The number of hydrogen-bond donors (Lipinski definition) is 1. The van der Waals surface area contributed by atoms with Crippen molar-refractivity contribution in [2.24, 2.45) is 0 Å². The Kier molecular flexibility index (Phi) is 5.44. The predicted molar refractivity (Wildman–Crippen MR) is 112 cm³/mol. The zero-order chi connectivity index (χ0) is 21.1. The number of rotatable bonds is 5. The van der Waals surface area contributed by atoms with Gasteiger partial charge < -0.3 is 15.0 Å². The van der Waals surface area contributed by atoms with Crippen LogP contribution in [0.5, 0.6) is 11.5 Å². The second-order valence-corrected chi connectivity index (χ2v) is 7.80. The molecule has 0 unspecified atom stereocenters. The van der Waals surface area contributed by atoms with E-state index in [2.05, 4.69) is 5.32 Å². The molecule has 0 atom stereocenters. The number of anilines is 1. The van der Waals surface area contributed by atoms with Gasteiger partial charge in [-0.15, -0.1) is 0 Å². The SMILES string of the molecule is CN(C(=O)CN1C(=O)NC2(CCCCC2)C1=O)c1ccccc1Oc1ccccc1. The largest absolute Gasteiger partial charge is 0.455 e. The summed E-state index contributed by atoms with van der Waals surface area (Å²) in [6.45, 7) is -0.303. The summed E-state index contributed by atoms with van der Waals surface area (Å²) >= 11 is 0. The third kappa shape index (κ3) is 3.75. The maximum Gasteiger partial charge on any atom is 0.325 e. The number of nitrogens with zero attached hydrogens (tertiary/aromatic N) is 2. The van der Waals surface area contributed by atoms with Gasteiger partial charge in [0.15, 0.2) is 5.75 Å². The number of para-hydroxylation sites is 3. The molecule has 4 amide bonds. The maximum absolute atomic E-state index is 13.0. The second-order valence-electron chi connectivity index (χ2n) is 7.80. The van der Waals surface area contributed by atoms with Gasteiger partial charge in [-0.3, -0.25) is 14.5 Å². The van der Waals surface area contributed by atoms with Crippen LogP contribution in [-0.2, 0) is 9.59 Å². The summed E-state index contributed by atoms with van der Waals surface area (Å²) in [6.07, 6.45) is 4.12. The van der Waals surface area contributed by atoms with Crippen LogP contribution in [0, 0.1) is 0 Å². The van der Waals surface area contributed by atoms with Gasteiger partial charge in [0.05, 0.1) is 5.69 Å². The molecule has 156 valence electrons. The Bertz CT molecular complexity index is 954. The number of nitrogens with one attached hydrogen (secondary N) is 1. The lowest BCUT2D eigenvalue weighted by atomic mass is 9.82. The second kappa shape index (κ2) is 8.18. The molecule has 0 aromatic heterocycles. The molecule has 30 heavy (non-hydrogen) atoms. The molecule has 2 aliphatic rings. The molecule has 2 aromatic carbocycles. The number of imide groups is 1. The molecule has 2 aromatic rings. The van der Waals surface area contributed by atoms with Crippen LogP contribution in [0.2, 0.25) is 0 Å². The Morgan fingerprint density at radius 2 is 1.70 bits per heavy atom. The summed E-state index contributed by atoms with van der Waals surface area (Å²) in [7, 11) is 1.62. The molecule has 1 aliphatic carbocycles. The minimum Gasteiger partial charge on any atom is -0.455 e. The third-order valence-electron chi connectivity index (χ3n) is 5.82. The molecule has 1 N–H and O–H groups in total. The molecule has 1 spiro atoms. The molecule has 2 fully saturated rings. The van der Waals surface area contributed by atoms with E-state index >= 15 is 0 Å². The van der Waals surface area contributed by atoms with Gasteiger partial charge in [-0.25, -0.2) is 4.79 Å². The van der Waals surface area contributed by atoms with Crippen LogP contribution in [-0.4, -0.2) is 41.9 Å². The summed E-state index contributed by atoms with van der Waals surface area (Å²) in [5.74, 6) is 0.512. The third-order valence-corrected chi connectivity index (χ3v) is 5.82. The smallest absolute Gasteiger partial charge is 0.325 e. The van der Waals surface area contributed by atoms with Crippen molar-refractivity contribution in [3.63, 3.8) is 0 Å². The Morgan fingerprint density at radius 1 is 1.03 bits per heavy atom. The number of benzene rings is 2. The molecule has 0 radical (unpaired) electrons. The highest BCUT2D eigenvalue weighted by atomic mass is 16.5. The summed E-state index contributed by atoms with van der Waals surface area (Å²) in [5.41, 5.74) is -0.270. The van der Waals surface area contributed by atoms with Crippen molar-refractivity contribution in [3.05, 3.63) is 54.6 Å². The molecule has 1 heterocycles. The van der Waals surface area contributed by atoms with Crippen LogP contribution >= 0.6 is 0 Å². The Morgan fingerprint density at radius 3 is 2.43 bits per heavy atom. The van der Waals surface area contributed by atoms with Gasteiger partial charge in [-0.2, -0.15) is 0 Å². The van der Waals surface area contributed by atoms with E-state index in [4.69, 9.17) is 4.74 Å². The molecular weight excluding hydrogens is 382 g/mol. The average Bonchev–Trinajstić information content (AvgIpc) is 2.98. The lowest BCUT2D eigenvalue weighted by Gasteiger charge is -2.30. The first-order valence-electron chi connectivity index (χ1n) is 10.2. The summed E-state index contributed by atoms with van der Waals surface area (Å²) in [5, 5.41) is 2.84. The zero-order valence-electron chi connectivity index (χ0n) is 17.0. The van der Waals surface area contributed by atoms with E-state index in [1.54, 1.807) is 19.2 Å². The molecule has 7 nitrogen and oxygen atoms in total. The minimum atomic E-state index is -0.831. The molecule has 1 aliphatic heterocycles. The van der Waals surface area contributed by atoms with Crippen molar-refractivity contribution in [2.75, 3.05) is 18.5 Å². The van der Waals surface area contributed by atoms with Crippen molar-refractivity contribution in [2.45, 2.75) is 37.6 Å². The lowest BCUT2D eigenvalue weighted by molar-refractivity contribution is -0.135. The quantitative estimate of drug-likeness (QED) is 0.767. The minimum absolute atomic E-state index is 0.289. The van der Waals surface area contributed by atoms with Crippen molar-refractivity contribution in [1.82, 2.24) is 10.2 Å². The fourth-order valence-corrected chi connectivity index (χ4v) is 4.13. The van der Waals surface area contributed by atoms with E-state index < -0.39 is 11.6 Å². The fraction of sp³-hybridized carbons (Fsp3) is 0.348. The van der Waals surface area contributed by atoms with Gasteiger partial charge in [0.2, 0.25) is 5.91 Å². The Labute approximate surface area is 175 Å². The molecule has 7 heteroatoms. The zero-order valence-corrected chi connectivity index (χ0v) is 17.0. The molecule has 1 saturated heterocycles. The van der Waals surface area contributed by atoms with E-state index in [1.165, 1.54) is 4.90 Å². The number of hydrogen-bond acceptors (Lipinski definition) is 4. The number of ether oxygens (including phenoxy) is 1. The number of amides is 4.